The molecule has 11 heteroatoms. The van der Waals surface area contributed by atoms with Crippen LogP contribution in [0.15, 0.2) is 94.4 Å². The van der Waals surface area contributed by atoms with Gasteiger partial charge in [0.25, 0.3) is 0 Å². The number of phenols is 1. The zero-order valence-corrected chi connectivity index (χ0v) is 21.7. The summed E-state index contributed by atoms with van der Waals surface area (Å²) in [6, 6.07) is 21.0. The van der Waals surface area contributed by atoms with E-state index >= 15 is 0 Å². The minimum absolute atomic E-state index is 0.00633. The topological polar surface area (TPSA) is 109 Å². The molecule has 0 atom stereocenters. The Labute approximate surface area is 221 Å². The van der Waals surface area contributed by atoms with Crippen molar-refractivity contribution in [2.45, 2.75) is 18.0 Å². The van der Waals surface area contributed by atoms with Crippen LogP contribution in [0.25, 0.3) is 16.9 Å². The SMILES string of the molecule is O=S(=O)(NCc1ccc(CNc2cc(-c3ccccc3O)nc3c(Br)cnn23)cc1)c1ccc(F)cc1. The van der Waals surface area contributed by atoms with Crippen LogP contribution in [0, 0.1) is 5.82 Å². The minimum atomic E-state index is -3.75. The number of hydrogen-bond donors (Lipinski definition) is 3. The molecule has 188 valence electrons. The maximum Gasteiger partial charge on any atom is 0.240 e. The number of rotatable bonds is 8. The van der Waals surface area contributed by atoms with E-state index in [4.69, 9.17) is 0 Å². The molecule has 0 aliphatic carbocycles. The zero-order chi connectivity index (χ0) is 26.0. The van der Waals surface area contributed by atoms with Gasteiger partial charge in [0, 0.05) is 24.7 Å². The highest BCUT2D eigenvalue weighted by molar-refractivity contribution is 9.10. The van der Waals surface area contributed by atoms with Gasteiger partial charge in [-0.25, -0.2) is 22.5 Å². The molecule has 0 amide bonds. The first-order valence-electron chi connectivity index (χ1n) is 11.2. The van der Waals surface area contributed by atoms with Crippen molar-refractivity contribution in [1.82, 2.24) is 19.3 Å². The zero-order valence-electron chi connectivity index (χ0n) is 19.3. The third-order valence-corrected chi connectivity index (χ3v) is 7.67. The Kier molecular flexibility index (Phi) is 6.92. The average molecular weight is 582 g/mol. The molecule has 0 fully saturated rings. The number of halogens is 2. The van der Waals surface area contributed by atoms with E-state index in [2.05, 4.69) is 36.1 Å². The van der Waals surface area contributed by atoms with Crippen LogP contribution >= 0.6 is 15.9 Å². The molecule has 2 heterocycles. The van der Waals surface area contributed by atoms with Gasteiger partial charge in [-0.15, -0.1) is 0 Å². The molecule has 2 aromatic heterocycles. The van der Waals surface area contributed by atoms with Crippen molar-refractivity contribution in [1.29, 1.82) is 0 Å². The van der Waals surface area contributed by atoms with Crippen molar-refractivity contribution >= 4 is 37.4 Å². The molecule has 8 nitrogen and oxygen atoms in total. The van der Waals surface area contributed by atoms with E-state index in [1.54, 1.807) is 28.9 Å². The van der Waals surface area contributed by atoms with Crippen molar-refractivity contribution in [2.24, 2.45) is 0 Å². The van der Waals surface area contributed by atoms with Gasteiger partial charge < -0.3 is 10.4 Å². The fourth-order valence-corrected chi connectivity index (χ4v) is 5.10. The lowest BCUT2D eigenvalue weighted by atomic mass is 10.1. The van der Waals surface area contributed by atoms with Gasteiger partial charge in [0.15, 0.2) is 5.65 Å². The monoisotopic (exact) mass is 581 g/mol. The molecule has 37 heavy (non-hydrogen) atoms. The third kappa shape index (κ3) is 5.48. The van der Waals surface area contributed by atoms with Crippen molar-refractivity contribution < 1.29 is 17.9 Å². The minimum Gasteiger partial charge on any atom is -0.507 e. The first-order valence-corrected chi connectivity index (χ1v) is 13.5. The number of sulfonamides is 1. The molecule has 0 spiro atoms. The third-order valence-electron chi connectivity index (χ3n) is 5.70. The predicted molar refractivity (Wildman–Crippen MR) is 142 cm³/mol. The lowest BCUT2D eigenvalue weighted by molar-refractivity contribution is 0.477. The average Bonchev–Trinajstić information content (AvgIpc) is 3.28. The van der Waals surface area contributed by atoms with Gasteiger partial charge in [0.1, 0.15) is 17.4 Å². The van der Waals surface area contributed by atoms with Crippen LogP contribution in [0.2, 0.25) is 0 Å². The number of hydrogen-bond acceptors (Lipinski definition) is 6. The van der Waals surface area contributed by atoms with Crippen LogP contribution in [0.1, 0.15) is 11.1 Å². The second-order valence-corrected chi connectivity index (χ2v) is 10.8. The standard InChI is InChI=1S/C26H21BrFN5O3S/c27-22-16-30-33-25(13-23(32-26(22)33)21-3-1-2-4-24(21)34)29-14-17-5-7-18(8-6-17)15-31-37(35,36)20-11-9-19(28)10-12-20/h1-13,16,29,31,34H,14-15H2. The summed E-state index contributed by atoms with van der Waals surface area (Å²) in [7, 11) is -3.75. The summed E-state index contributed by atoms with van der Waals surface area (Å²) < 4.78 is 42.9. The second kappa shape index (κ2) is 10.3. The van der Waals surface area contributed by atoms with Crippen molar-refractivity contribution in [3.8, 4) is 17.0 Å². The molecule has 0 bridgehead atoms. The quantitative estimate of drug-likeness (QED) is 0.235. The summed E-state index contributed by atoms with van der Waals surface area (Å²) in [5.41, 5.74) is 3.54. The number of anilines is 1. The lowest BCUT2D eigenvalue weighted by Gasteiger charge is -2.12. The van der Waals surface area contributed by atoms with Crippen molar-refractivity contribution in [2.75, 3.05) is 5.32 Å². The van der Waals surface area contributed by atoms with Crippen LogP contribution in [-0.4, -0.2) is 28.1 Å². The van der Waals surface area contributed by atoms with Gasteiger partial charge in [-0.3, -0.25) is 0 Å². The van der Waals surface area contributed by atoms with Crippen LogP contribution in [0.4, 0.5) is 10.2 Å². The Bertz CT molecular complexity index is 1670. The summed E-state index contributed by atoms with van der Waals surface area (Å²) >= 11 is 3.48. The summed E-state index contributed by atoms with van der Waals surface area (Å²) in [6.07, 6.45) is 1.66. The van der Waals surface area contributed by atoms with Crippen LogP contribution in [0.5, 0.6) is 5.75 Å². The fraction of sp³-hybridized carbons (Fsp3) is 0.0769. The molecule has 3 aromatic carbocycles. The van der Waals surface area contributed by atoms with Crippen LogP contribution in [-0.2, 0) is 23.1 Å². The van der Waals surface area contributed by atoms with Crippen molar-refractivity contribution in [3.05, 3.63) is 106 Å². The van der Waals surface area contributed by atoms with Crippen LogP contribution < -0.4 is 10.0 Å². The Morgan fingerprint density at radius 2 is 1.62 bits per heavy atom. The fourth-order valence-electron chi connectivity index (χ4n) is 3.73. The summed E-state index contributed by atoms with van der Waals surface area (Å²) in [6.45, 7) is 0.571. The van der Waals surface area contributed by atoms with Crippen molar-refractivity contribution in [3.63, 3.8) is 0 Å². The van der Waals surface area contributed by atoms with E-state index in [0.29, 0.717) is 29.3 Å². The first-order chi connectivity index (χ1) is 17.8. The molecule has 0 saturated heterocycles. The van der Waals surface area contributed by atoms with E-state index in [1.807, 2.05) is 36.4 Å². The Morgan fingerprint density at radius 1 is 0.946 bits per heavy atom. The summed E-state index contributed by atoms with van der Waals surface area (Å²) in [5.74, 6) is 0.321. The number of nitrogens with one attached hydrogen (secondary N) is 2. The van der Waals surface area contributed by atoms with Crippen LogP contribution in [0.3, 0.4) is 0 Å². The van der Waals surface area contributed by atoms with Gasteiger partial charge in [0.05, 0.1) is 21.3 Å². The molecular formula is C26H21BrFN5O3S. The number of fused-ring (bicyclic) bond motifs is 1. The normalized spacial score (nSPS) is 11.6. The summed E-state index contributed by atoms with van der Waals surface area (Å²) in [4.78, 5) is 4.64. The molecule has 5 aromatic rings. The van der Waals surface area contributed by atoms with E-state index in [1.165, 1.54) is 12.1 Å². The molecular weight excluding hydrogens is 561 g/mol. The van der Waals surface area contributed by atoms with Gasteiger partial charge >= 0.3 is 0 Å². The summed E-state index contributed by atoms with van der Waals surface area (Å²) in [5, 5.41) is 18.0. The van der Waals surface area contributed by atoms with E-state index in [9.17, 15) is 17.9 Å². The maximum absolute atomic E-state index is 13.1. The Morgan fingerprint density at radius 3 is 2.32 bits per heavy atom. The maximum atomic E-state index is 13.1. The van der Waals surface area contributed by atoms with E-state index in [0.717, 1.165) is 27.7 Å². The number of para-hydroxylation sites is 1. The van der Waals surface area contributed by atoms with E-state index in [-0.39, 0.29) is 17.2 Å². The Hall–Kier alpha value is -3.80. The first kappa shape index (κ1) is 24.9. The van der Waals surface area contributed by atoms with Gasteiger partial charge in [-0.05, 0) is 63.5 Å². The largest absolute Gasteiger partial charge is 0.507 e. The van der Waals surface area contributed by atoms with Gasteiger partial charge in [-0.1, -0.05) is 36.4 Å². The molecule has 0 aliphatic rings. The number of phenolic OH excluding ortho intramolecular Hbond substituents is 1. The highest BCUT2D eigenvalue weighted by atomic mass is 79.9. The predicted octanol–water partition coefficient (Wildman–Crippen LogP) is 5.09. The van der Waals surface area contributed by atoms with Gasteiger partial charge in [0.2, 0.25) is 10.0 Å². The molecule has 0 aliphatic heterocycles. The number of nitrogens with zero attached hydrogens (tertiary/aromatic N) is 3. The molecule has 5 rings (SSSR count). The second-order valence-electron chi connectivity index (χ2n) is 8.22. The Balaban J connectivity index is 1.30. The smallest absolute Gasteiger partial charge is 0.240 e. The van der Waals surface area contributed by atoms with Gasteiger partial charge in [-0.2, -0.15) is 9.61 Å². The van der Waals surface area contributed by atoms with E-state index < -0.39 is 15.8 Å². The highest BCUT2D eigenvalue weighted by Gasteiger charge is 2.15. The molecule has 3 N–H and O–H groups in total. The molecule has 0 radical (unpaired) electrons. The molecule has 0 unspecified atom stereocenters. The lowest BCUT2D eigenvalue weighted by Crippen LogP contribution is -2.23. The number of aromatic hydroxyl groups is 1. The molecule has 0 saturated carbocycles. The highest BCUT2D eigenvalue weighted by Crippen LogP contribution is 2.31. The number of aromatic nitrogens is 3. The number of benzene rings is 3.